The highest BCUT2D eigenvalue weighted by Crippen LogP contribution is 2.56. The molecule has 0 spiro atoms. The Hall–Kier alpha value is -1.47. The third kappa shape index (κ3) is 2.88. The number of benzene rings is 1. The molecule has 2 atom stereocenters. The van der Waals surface area contributed by atoms with Crippen molar-refractivity contribution in [2.24, 2.45) is 17.8 Å². The summed E-state index contributed by atoms with van der Waals surface area (Å²) in [7, 11) is 0. The van der Waals surface area contributed by atoms with E-state index in [9.17, 15) is 14.7 Å². The molecule has 2 heterocycles. The number of nitrogens with one attached hydrogen (secondary N) is 1. The lowest BCUT2D eigenvalue weighted by Gasteiger charge is -2.56. The van der Waals surface area contributed by atoms with Gasteiger partial charge in [-0.25, -0.2) is 0 Å². The highest BCUT2D eigenvalue weighted by atomic mass is 79.9. The normalized spacial score (nSPS) is 39.0. The van der Waals surface area contributed by atoms with Crippen molar-refractivity contribution < 1.29 is 14.7 Å². The van der Waals surface area contributed by atoms with Crippen molar-refractivity contribution in [3.63, 3.8) is 0 Å². The van der Waals surface area contributed by atoms with E-state index < -0.39 is 6.04 Å². The molecule has 6 aliphatic rings. The molecule has 0 aromatic heterocycles. The average molecular weight is 489 g/mol. The number of nitrogens with zero attached hydrogens (tertiary/aromatic N) is 1. The Morgan fingerprint density at radius 3 is 2.30 bits per heavy atom. The van der Waals surface area contributed by atoms with E-state index in [4.69, 9.17) is 0 Å². The number of aliphatic hydroxyl groups excluding tert-OH is 1. The molecule has 1 saturated heterocycles. The molecule has 1 aromatic rings. The van der Waals surface area contributed by atoms with Crippen LogP contribution in [0.3, 0.4) is 0 Å². The number of hydrogen-bond acceptors (Lipinski definition) is 4. The Morgan fingerprint density at radius 1 is 1.10 bits per heavy atom. The molecule has 5 nitrogen and oxygen atoms in total. The monoisotopic (exact) mass is 488 g/mol. The molecular weight excluding hydrogens is 464 g/mol. The number of carbonyl (C=O) groups excluding carboxylic acids is 2. The smallest absolute Gasteiger partial charge is 0.264 e. The maximum Gasteiger partial charge on any atom is 0.264 e. The van der Waals surface area contributed by atoms with Gasteiger partial charge in [0.1, 0.15) is 22.7 Å². The molecule has 1 aromatic carbocycles. The van der Waals surface area contributed by atoms with Gasteiger partial charge in [0, 0.05) is 15.8 Å². The molecule has 4 aliphatic carbocycles. The number of aliphatic hydroxyl groups is 1. The van der Waals surface area contributed by atoms with Crippen LogP contribution in [-0.2, 0) is 9.59 Å². The first-order valence-corrected chi connectivity index (χ1v) is 12.7. The summed E-state index contributed by atoms with van der Waals surface area (Å²) in [6, 6.07) is 7.48. The standard InChI is InChI=1S/C23H25BrN2O3S/c24-16-3-1-15(2-4-16)22-26-17(11-30-22)19(27)18(21(26)29)20(28)25-23-8-12-5-13(9-23)7-14(6-12)10-23/h1-4,12-14,17,22,27H,5-11H2,(H,25,28)/t12?,13?,14?,17?,22-,23?/m0/s1. The van der Waals surface area contributed by atoms with Gasteiger partial charge in [-0.1, -0.05) is 28.1 Å². The Labute approximate surface area is 188 Å². The van der Waals surface area contributed by atoms with Gasteiger partial charge in [-0.05, 0) is 74.0 Å². The lowest BCUT2D eigenvalue weighted by Crippen LogP contribution is -2.60. The second-order valence-corrected chi connectivity index (χ2v) is 11.9. The molecule has 2 N–H and O–H groups in total. The molecule has 2 amide bonds. The predicted molar refractivity (Wildman–Crippen MR) is 119 cm³/mol. The quantitative estimate of drug-likeness (QED) is 0.622. The lowest BCUT2D eigenvalue weighted by atomic mass is 9.53. The van der Waals surface area contributed by atoms with Crippen molar-refractivity contribution in [2.75, 3.05) is 5.75 Å². The van der Waals surface area contributed by atoms with Gasteiger partial charge in [0.25, 0.3) is 11.8 Å². The summed E-state index contributed by atoms with van der Waals surface area (Å²) in [6.45, 7) is 0. The van der Waals surface area contributed by atoms with Gasteiger partial charge < -0.3 is 15.3 Å². The van der Waals surface area contributed by atoms with Crippen molar-refractivity contribution >= 4 is 39.5 Å². The Balaban J connectivity index is 1.24. The molecule has 7 rings (SSSR count). The van der Waals surface area contributed by atoms with Gasteiger partial charge in [0.15, 0.2) is 0 Å². The SMILES string of the molecule is O=C(NC12CC3CC(CC(C3)C1)C2)C1=C(O)C2CS[C@@H](c3ccc(Br)cc3)N2C1=O. The van der Waals surface area contributed by atoms with Crippen molar-refractivity contribution in [3.8, 4) is 0 Å². The van der Waals surface area contributed by atoms with Gasteiger partial charge in [-0.15, -0.1) is 11.8 Å². The number of fused-ring (bicyclic) bond motifs is 1. The summed E-state index contributed by atoms with van der Waals surface area (Å²) < 4.78 is 0.982. The van der Waals surface area contributed by atoms with Crippen LogP contribution in [-0.4, -0.2) is 39.2 Å². The molecule has 158 valence electrons. The van der Waals surface area contributed by atoms with Crippen molar-refractivity contribution in [1.29, 1.82) is 0 Å². The van der Waals surface area contributed by atoms with Crippen LogP contribution in [0.1, 0.15) is 49.5 Å². The van der Waals surface area contributed by atoms with Crippen molar-refractivity contribution in [1.82, 2.24) is 10.2 Å². The van der Waals surface area contributed by atoms with Crippen LogP contribution in [0.15, 0.2) is 40.1 Å². The summed E-state index contributed by atoms with van der Waals surface area (Å²) in [6.07, 6.45) is 6.96. The molecule has 2 aliphatic heterocycles. The van der Waals surface area contributed by atoms with Gasteiger partial charge in [-0.3, -0.25) is 9.59 Å². The Morgan fingerprint density at radius 2 is 1.70 bits per heavy atom. The second kappa shape index (κ2) is 6.76. The predicted octanol–water partition coefficient (Wildman–Crippen LogP) is 4.30. The Bertz CT molecular complexity index is 924. The third-order valence-electron chi connectivity index (χ3n) is 7.82. The minimum absolute atomic E-state index is 0.0295. The topological polar surface area (TPSA) is 69.6 Å². The lowest BCUT2D eigenvalue weighted by molar-refractivity contribution is -0.131. The van der Waals surface area contributed by atoms with Crippen LogP contribution in [0.25, 0.3) is 0 Å². The van der Waals surface area contributed by atoms with Gasteiger partial charge in [0.2, 0.25) is 0 Å². The van der Waals surface area contributed by atoms with Gasteiger partial charge >= 0.3 is 0 Å². The zero-order valence-corrected chi connectivity index (χ0v) is 19.0. The fraction of sp³-hybridized carbons (Fsp3) is 0.565. The second-order valence-electron chi connectivity index (χ2n) is 9.88. The van der Waals surface area contributed by atoms with E-state index in [1.54, 1.807) is 16.7 Å². The number of carbonyl (C=O) groups is 2. The number of amides is 2. The molecule has 7 heteroatoms. The Kier molecular flexibility index (Phi) is 4.34. The fourth-order valence-electron chi connectivity index (χ4n) is 7.04. The molecule has 5 fully saturated rings. The summed E-state index contributed by atoms with van der Waals surface area (Å²) in [5, 5.41) is 13.9. The van der Waals surface area contributed by atoms with E-state index >= 15 is 0 Å². The first-order valence-electron chi connectivity index (χ1n) is 10.9. The fourth-order valence-corrected chi connectivity index (χ4v) is 8.74. The van der Waals surface area contributed by atoms with E-state index in [-0.39, 0.29) is 34.1 Å². The van der Waals surface area contributed by atoms with Crippen molar-refractivity contribution in [2.45, 2.75) is 55.5 Å². The number of rotatable bonds is 3. The molecule has 4 bridgehead atoms. The highest BCUT2D eigenvalue weighted by molar-refractivity contribution is 9.10. The zero-order valence-electron chi connectivity index (χ0n) is 16.6. The first kappa shape index (κ1) is 19.2. The maximum absolute atomic E-state index is 13.3. The molecular formula is C23H25BrN2O3S. The van der Waals surface area contributed by atoms with Gasteiger partial charge in [-0.2, -0.15) is 0 Å². The van der Waals surface area contributed by atoms with Crippen LogP contribution in [0.2, 0.25) is 0 Å². The minimum Gasteiger partial charge on any atom is -0.509 e. The van der Waals surface area contributed by atoms with Crippen LogP contribution < -0.4 is 5.32 Å². The summed E-state index contributed by atoms with van der Waals surface area (Å²) in [4.78, 5) is 28.3. The van der Waals surface area contributed by atoms with Crippen LogP contribution in [0.5, 0.6) is 0 Å². The number of thioether (sulfide) groups is 1. The number of hydrogen-bond donors (Lipinski definition) is 2. The molecule has 30 heavy (non-hydrogen) atoms. The van der Waals surface area contributed by atoms with E-state index in [1.807, 2.05) is 24.3 Å². The van der Waals surface area contributed by atoms with Crippen LogP contribution in [0.4, 0.5) is 0 Å². The number of halogens is 1. The molecule has 1 unspecified atom stereocenters. The van der Waals surface area contributed by atoms with Gasteiger partial charge in [0.05, 0.1) is 0 Å². The van der Waals surface area contributed by atoms with E-state index in [1.165, 1.54) is 19.3 Å². The maximum atomic E-state index is 13.3. The minimum atomic E-state index is -0.409. The third-order valence-corrected chi connectivity index (χ3v) is 9.67. The van der Waals surface area contributed by atoms with E-state index in [0.717, 1.165) is 29.3 Å². The molecule has 0 radical (unpaired) electrons. The summed E-state index contributed by atoms with van der Waals surface area (Å²) in [5.74, 6) is 1.98. The molecule has 4 saturated carbocycles. The zero-order chi connectivity index (χ0) is 20.6. The van der Waals surface area contributed by atoms with Crippen LogP contribution >= 0.6 is 27.7 Å². The van der Waals surface area contributed by atoms with Crippen molar-refractivity contribution in [3.05, 3.63) is 45.6 Å². The summed E-state index contributed by atoms with van der Waals surface area (Å²) >= 11 is 5.08. The van der Waals surface area contributed by atoms with Crippen LogP contribution in [0, 0.1) is 17.8 Å². The first-order chi connectivity index (χ1) is 14.4. The highest BCUT2D eigenvalue weighted by Gasteiger charge is 2.54. The largest absolute Gasteiger partial charge is 0.509 e. The average Bonchev–Trinajstić information content (AvgIpc) is 3.21. The van der Waals surface area contributed by atoms with E-state index in [0.29, 0.717) is 23.5 Å². The van der Waals surface area contributed by atoms with E-state index in [2.05, 4.69) is 21.2 Å². The summed E-state index contributed by atoms with van der Waals surface area (Å²) in [5.41, 5.74) is 0.805.